The van der Waals surface area contributed by atoms with Crippen LogP contribution < -0.4 is 5.32 Å². The highest BCUT2D eigenvalue weighted by atomic mass is 32.1. The fourth-order valence-electron chi connectivity index (χ4n) is 4.12. The van der Waals surface area contributed by atoms with Crippen molar-refractivity contribution in [3.8, 4) is 10.4 Å². The van der Waals surface area contributed by atoms with Gasteiger partial charge in [0.05, 0.1) is 6.54 Å². The molecule has 2 aliphatic heterocycles. The maximum atomic E-state index is 12.5. The Labute approximate surface area is 204 Å². The molecule has 0 saturated carbocycles. The molecular formula is C25H24F3N3O3S. The molecule has 5 rings (SSSR count). The van der Waals surface area contributed by atoms with Crippen LogP contribution in [0, 0.1) is 0 Å². The normalized spacial score (nSPS) is 15.1. The van der Waals surface area contributed by atoms with Gasteiger partial charge in [-0.15, -0.1) is 11.3 Å². The summed E-state index contributed by atoms with van der Waals surface area (Å²) < 4.78 is 33.0. The summed E-state index contributed by atoms with van der Waals surface area (Å²) in [5.74, 6) is -2.67. The molecule has 1 amide bonds. The van der Waals surface area contributed by atoms with Crippen molar-refractivity contribution >= 4 is 45.2 Å². The van der Waals surface area contributed by atoms with Crippen LogP contribution in [0.2, 0.25) is 0 Å². The van der Waals surface area contributed by atoms with Crippen molar-refractivity contribution in [1.82, 2.24) is 4.90 Å². The molecule has 2 aliphatic rings. The van der Waals surface area contributed by atoms with Crippen LogP contribution in [0.25, 0.3) is 20.5 Å². The van der Waals surface area contributed by atoms with Crippen LogP contribution in [0.15, 0.2) is 47.5 Å². The minimum absolute atomic E-state index is 0.0871. The number of rotatable bonds is 5. The number of benzene rings is 2. The highest BCUT2D eigenvalue weighted by Gasteiger charge is 2.38. The monoisotopic (exact) mass is 503 g/mol. The molecule has 0 aliphatic carbocycles. The van der Waals surface area contributed by atoms with E-state index in [2.05, 4.69) is 57.7 Å². The molecule has 0 spiro atoms. The largest absolute Gasteiger partial charge is 0.490 e. The lowest BCUT2D eigenvalue weighted by Gasteiger charge is -2.15. The Bertz CT molecular complexity index is 1230. The van der Waals surface area contributed by atoms with Gasteiger partial charge in [0.2, 0.25) is 5.91 Å². The molecule has 0 unspecified atom stereocenters. The first kappa shape index (κ1) is 24.9. The number of thiophene rings is 1. The number of nitrogens with zero attached hydrogens (tertiary/aromatic N) is 2. The van der Waals surface area contributed by atoms with E-state index < -0.39 is 12.1 Å². The second-order valence-electron chi connectivity index (χ2n) is 8.36. The molecule has 1 aromatic heterocycles. The fraction of sp³-hybridized carbons (Fsp3) is 0.320. The Balaban J connectivity index is 0.000000364. The smallest absolute Gasteiger partial charge is 0.475 e. The number of fused-ring (bicyclic) bond motifs is 2. The third-order valence-corrected chi connectivity index (χ3v) is 6.98. The van der Waals surface area contributed by atoms with E-state index in [1.54, 1.807) is 11.3 Å². The standard InChI is InChI=1S/C23H23N3OS.C2HF3O2/c27-23(7-10-26-8-3-4-9-26)25-18-11-17-14-24-15-20(17)19(13-18)22-12-16-5-1-2-6-21(16)28-22;3-2(4,5)1(6)7/h1-2,5-6,11-14H,3-4,7-10,15H2,(H,25,27);(H,6,7). The Kier molecular flexibility index (Phi) is 7.51. The zero-order valence-electron chi connectivity index (χ0n) is 18.8. The van der Waals surface area contributed by atoms with Crippen LogP contribution in [0.3, 0.4) is 0 Å². The number of amides is 1. The number of aliphatic carboxylic acids is 1. The highest BCUT2D eigenvalue weighted by Crippen LogP contribution is 2.39. The van der Waals surface area contributed by atoms with Gasteiger partial charge in [-0.05, 0) is 66.7 Å². The molecule has 0 radical (unpaired) electrons. The minimum Gasteiger partial charge on any atom is -0.475 e. The molecule has 2 N–H and O–H groups in total. The van der Waals surface area contributed by atoms with Crippen molar-refractivity contribution in [2.45, 2.75) is 32.0 Å². The number of carbonyl (C=O) groups excluding carboxylic acids is 1. The van der Waals surface area contributed by atoms with Gasteiger partial charge >= 0.3 is 12.1 Å². The molecule has 3 aromatic rings. The van der Waals surface area contributed by atoms with Gasteiger partial charge in [0, 0.05) is 40.0 Å². The van der Waals surface area contributed by atoms with Crippen LogP contribution in [-0.2, 0) is 16.1 Å². The van der Waals surface area contributed by atoms with Crippen molar-refractivity contribution in [2.24, 2.45) is 4.99 Å². The van der Waals surface area contributed by atoms with E-state index in [0.717, 1.165) is 30.9 Å². The third-order valence-electron chi connectivity index (χ3n) is 5.84. The predicted octanol–water partition coefficient (Wildman–Crippen LogP) is 5.56. The Morgan fingerprint density at radius 2 is 1.83 bits per heavy atom. The summed E-state index contributed by atoms with van der Waals surface area (Å²) in [6.07, 6.45) is -0.107. The van der Waals surface area contributed by atoms with Gasteiger partial charge < -0.3 is 15.3 Å². The predicted molar refractivity (Wildman–Crippen MR) is 131 cm³/mol. The van der Waals surface area contributed by atoms with Gasteiger partial charge in [0.15, 0.2) is 0 Å². The number of hydrogen-bond donors (Lipinski definition) is 2. The molecule has 2 aromatic carbocycles. The minimum atomic E-state index is -5.08. The van der Waals surface area contributed by atoms with E-state index in [0.29, 0.717) is 13.0 Å². The first-order valence-electron chi connectivity index (χ1n) is 11.2. The van der Waals surface area contributed by atoms with Crippen LogP contribution >= 0.6 is 11.3 Å². The lowest BCUT2D eigenvalue weighted by Crippen LogP contribution is -2.25. The lowest BCUT2D eigenvalue weighted by molar-refractivity contribution is -0.192. The first-order valence-corrected chi connectivity index (χ1v) is 12.0. The number of halogens is 3. The molecule has 10 heteroatoms. The Hall–Kier alpha value is -3.24. The van der Waals surface area contributed by atoms with Gasteiger partial charge in [-0.1, -0.05) is 18.2 Å². The van der Waals surface area contributed by atoms with Crippen molar-refractivity contribution < 1.29 is 27.9 Å². The summed E-state index contributed by atoms with van der Waals surface area (Å²) in [7, 11) is 0. The van der Waals surface area contributed by atoms with Crippen molar-refractivity contribution in [1.29, 1.82) is 0 Å². The van der Waals surface area contributed by atoms with Crippen molar-refractivity contribution in [3.63, 3.8) is 0 Å². The number of aliphatic imine (C=N–C) groups is 1. The number of anilines is 1. The summed E-state index contributed by atoms with van der Waals surface area (Å²) in [6.45, 7) is 3.81. The van der Waals surface area contributed by atoms with E-state index >= 15 is 0 Å². The summed E-state index contributed by atoms with van der Waals surface area (Å²) >= 11 is 1.80. The third kappa shape index (κ3) is 6.26. The summed E-state index contributed by atoms with van der Waals surface area (Å²) in [5.41, 5.74) is 4.42. The summed E-state index contributed by atoms with van der Waals surface area (Å²) in [4.78, 5) is 29.5. The average molecular weight is 504 g/mol. The van der Waals surface area contributed by atoms with E-state index in [1.165, 1.54) is 38.9 Å². The molecule has 6 nitrogen and oxygen atoms in total. The molecule has 184 valence electrons. The number of carbonyl (C=O) groups is 2. The SMILES string of the molecule is O=C(CCN1CCCC1)Nc1cc2c(c(-c3cc4ccccc4s3)c1)CN=C2.O=C(O)C(F)(F)F. The van der Waals surface area contributed by atoms with Gasteiger partial charge in [0.25, 0.3) is 0 Å². The number of nitrogens with one attached hydrogen (secondary N) is 1. The second-order valence-corrected chi connectivity index (χ2v) is 9.44. The van der Waals surface area contributed by atoms with Crippen molar-refractivity contribution in [3.05, 3.63) is 53.6 Å². The topological polar surface area (TPSA) is 82.0 Å². The van der Waals surface area contributed by atoms with Crippen LogP contribution in [0.4, 0.5) is 18.9 Å². The van der Waals surface area contributed by atoms with Crippen LogP contribution in [-0.4, -0.2) is 53.9 Å². The maximum Gasteiger partial charge on any atom is 0.490 e. The molecule has 0 atom stereocenters. The highest BCUT2D eigenvalue weighted by molar-refractivity contribution is 7.22. The number of carboxylic acids is 1. The molecular weight excluding hydrogens is 479 g/mol. The molecule has 1 saturated heterocycles. The molecule has 3 heterocycles. The quantitative estimate of drug-likeness (QED) is 0.478. The van der Waals surface area contributed by atoms with E-state index in [1.807, 2.05) is 6.21 Å². The average Bonchev–Trinajstić information content (AvgIpc) is 3.57. The van der Waals surface area contributed by atoms with E-state index in [9.17, 15) is 18.0 Å². The fourth-order valence-corrected chi connectivity index (χ4v) is 5.22. The van der Waals surface area contributed by atoms with Crippen LogP contribution in [0.5, 0.6) is 0 Å². The molecule has 0 bridgehead atoms. The summed E-state index contributed by atoms with van der Waals surface area (Å²) in [6, 6.07) is 14.9. The van der Waals surface area contributed by atoms with Gasteiger partial charge in [0.1, 0.15) is 0 Å². The van der Waals surface area contributed by atoms with Crippen LogP contribution in [0.1, 0.15) is 30.4 Å². The van der Waals surface area contributed by atoms with Gasteiger partial charge in [-0.2, -0.15) is 13.2 Å². The molecule has 1 fully saturated rings. The van der Waals surface area contributed by atoms with Gasteiger partial charge in [-0.3, -0.25) is 9.79 Å². The number of carboxylic acid groups (broad SMARTS) is 1. The zero-order valence-corrected chi connectivity index (χ0v) is 19.6. The Morgan fingerprint density at radius 3 is 2.51 bits per heavy atom. The lowest BCUT2D eigenvalue weighted by atomic mass is 10.0. The number of alkyl halides is 3. The van der Waals surface area contributed by atoms with E-state index in [-0.39, 0.29) is 5.91 Å². The second kappa shape index (κ2) is 10.6. The number of hydrogen-bond acceptors (Lipinski definition) is 5. The number of likely N-dealkylation sites (tertiary alicyclic amines) is 1. The zero-order chi connectivity index (χ0) is 25.0. The summed E-state index contributed by atoms with van der Waals surface area (Å²) in [5, 5.41) is 11.5. The van der Waals surface area contributed by atoms with Gasteiger partial charge in [-0.25, -0.2) is 4.79 Å². The van der Waals surface area contributed by atoms with E-state index in [4.69, 9.17) is 9.90 Å². The van der Waals surface area contributed by atoms with Crippen molar-refractivity contribution in [2.75, 3.05) is 25.0 Å². The Morgan fingerprint density at radius 1 is 1.11 bits per heavy atom. The maximum absolute atomic E-state index is 12.5. The first-order chi connectivity index (χ1) is 16.7. The molecule has 35 heavy (non-hydrogen) atoms.